The number of nitrogens with one attached hydrogen (secondary N) is 1. The number of hydrogen-bond acceptors (Lipinski definition) is 6. The van der Waals surface area contributed by atoms with Crippen LogP contribution in [0.3, 0.4) is 0 Å². The van der Waals surface area contributed by atoms with Gasteiger partial charge in [0.25, 0.3) is 0 Å². The predicted octanol–water partition coefficient (Wildman–Crippen LogP) is 3.07. The van der Waals surface area contributed by atoms with E-state index in [4.69, 9.17) is 9.47 Å². The van der Waals surface area contributed by atoms with E-state index < -0.39 is 0 Å². The van der Waals surface area contributed by atoms with Crippen molar-refractivity contribution in [2.24, 2.45) is 0 Å². The van der Waals surface area contributed by atoms with E-state index >= 15 is 0 Å². The molecule has 0 fully saturated rings. The Bertz CT molecular complexity index is 1080. The molecule has 134 valence electrons. The lowest BCUT2D eigenvalue weighted by atomic mass is 10.2. The molecule has 1 unspecified atom stereocenters. The van der Waals surface area contributed by atoms with Gasteiger partial charge in [-0.3, -0.25) is 0 Å². The number of ether oxygens (including phenoxy) is 2. The number of anilines is 1. The third kappa shape index (κ3) is 2.93. The quantitative estimate of drug-likeness (QED) is 0.604. The number of fused-ring (bicyclic) bond motifs is 2. The number of aromatic nitrogens is 4. The molecule has 27 heavy (non-hydrogen) atoms. The van der Waals surface area contributed by atoms with Gasteiger partial charge in [0, 0.05) is 0 Å². The highest BCUT2D eigenvalue weighted by Gasteiger charge is 2.21. The van der Waals surface area contributed by atoms with Gasteiger partial charge in [0.05, 0.1) is 23.8 Å². The summed E-state index contributed by atoms with van der Waals surface area (Å²) in [5.74, 6) is 2.27. The lowest BCUT2D eigenvalue weighted by Crippen LogP contribution is -2.35. The van der Waals surface area contributed by atoms with E-state index in [1.54, 1.807) is 17.2 Å². The van der Waals surface area contributed by atoms with Crippen LogP contribution in [0.2, 0.25) is 0 Å². The van der Waals surface area contributed by atoms with E-state index in [1.165, 1.54) is 0 Å². The van der Waals surface area contributed by atoms with Crippen LogP contribution in [0.4, 0.5) is 5.82 Å². The summed E-state index contributed by atoms with van der Waals surface area (Å²) in [6, 6.07) is 17.6. The maximum absolute atomic E-state index is 5.99. The van der Waals surface area contributed by atoms with Crippen LogP contribution in [0.5, 0.6) is 11.5 Å². The van der Waals surface area contributed by atoms with Gasteiger partial charge in [-0.05, 0) is 24.3 Å². The largest absolute Gasteiger partial charge is 0.486 e. The highest BCUT2D eigenvalue weighted by Crippen LogP contribution is 2.31. The van der Waals surface area contributed by atoms with Crippen LogP contribution in [-0.2, 0) is 0 Å². The Kier molecular flexibility index (Phi) is 3.82. The Morgan fingerprint density at radius 1 is 1.00 bits per heavy atom. The van der Waals surface area contributed by atoms with Crippen LogP contribution < -0.4 is 14.8 Å². The molecule has 1 atom stereocenters. The minimum absolute atomic E-state index is 0.103. The van der Waals surface area contributed by atoms with Crippen LogP contribution in [-0.4, -0.2) is 39.0 Å². The van der Waals surface area contributed by atoms with E-state index in [-0.39, 0.29) is 6.10 Å². The molecule has 0 spiro atoms. The molecule has 1 aliphatic rings. The van der Waals surface area contributed by atoms with E-state index in [9.17, 15) is 0 Å². The molecule has 7 heteroatoms. The van der Waals surface area contributed by atoms with Gasteiger partial charge in [-0.2, -0.15) is 5.10 Å². The van der Waals surface area contributed by atoms with Crippen molar-refractivity contribution in [3.8, 4) is 17.2 Å². The second-order valence-corrected chi connectivity index (χ2v) is 6.23. The van der Waals surface area contributed by atoms with Crippen molar-refractivity contribution < 1.29 is 9.47 Å². The van der Waals surface area contributed by atoms with Gasteiger partial charge in [-0.25, -0.2) is 14.6 Å². The van der Waals surface area contributed by atoms with Crippen molar-refractivity contribution in [1.29, 1.82) is 0 Å². The maximum Gasteiger partial charge on any atom is 0.168 e. The van der Waals surface area contributed by atoms with E-state index in [2.05, 4.69) is 20.4 Å². The molecule has 0 amide bonds. The number of nitrogens with zero attached hydrogens (tertiary/aromatic N) is 4. The van der Waals surface area contributed by atoms with Gasteiger partial charge in [0.15, 0.2) is 17.1 Å². The van der Waals surface area contributed by atoms with Crippen LogP contribution >= 0.6 is 0 Å². The molecule has 1 N–H and O–H groups in total. The summed E-state index contributed by atoms with van der Waals surface area (Å²) < 4.78 is 13.6. The fraction of sp³-hybridized carbons (Fsp3) is 0.150. The normalized spacial score (nSPS) is 15.6. The summed E-state index contributed by atoms with van der Waals surface area (Å²) in [7, 11) is 0. The Hall–Kier alpha value is -3.61. The van der Waals surface area contributed by atoms with Gasteiger partial charge >= 0.3 is 0 Å². The van der Waals surface area contributed by atoms with Gasteiger partial charge in [-0.15, -0.1) is 0 Å². The third-order valence-corrected chi connectivity index (χ3v) is 4.43. The number of rotatable bonds is 4. The summed E-state index contributed by atoms with van der Waals surface area (Å²) in [6.07, 6.45) is 3.21. The van der Waals surface area contributed by atoms with Crippen molar-refractivity contribution in [2.75, 3.05) is 18.5 Å². The number of benzene rings is 2. The van der Waals surface area contributed by atoms with Crippen LogP contribution in [0, 0.1) is 0 Å². The number of hydrogen-bond donors (Lipinski definition) is 1. The third-order valence-electron chi connectivity index (χ3n) is 4.43. The molecule has 1 aliphatic heterocycles. The fourth-order valence-corrected chi connectivity index (χ4v) is 3.12. The average Bonchev–Trinajstić information content (AvgIpc) is 3.17. The minimum atomic E-state index is -0.103. The van der Waals surface area contributed by atoms with Gasteiger partial charge < -0.3 is 14.8 Å². The zero-order chi connectivity index (χ0) is 18.1. The predicted molar refractivity (Wildman–Crippen MR) is 102 cm³/mol. The monoisotopic (exact) mass is 359 g/mol. The molecule has 0 radical (unpaired) electrons. The Morgan fingerprint density at radius 3 is 2.70 bits per heavy atom. The highest BCUT2D eigenvalue weighted by molar-refractivity contribution is 5.87. The molecule has 4 aromatic rings. The van der Waals surface area contributed by atoms with Crippen molar-refractivity contribution in [3.63, 3.8) is 0 Å². The molecule has 0 bridgehead atoms. The smallest absolute Gasteiger partial charge is 0.168 e. The summed E-state index contributed by atoms with van der Waals surface area (Å²) >= 11 is 0. The Labute approximate surface area is 155 Å². The molecule has 0 saturated heterocycles. The lowest BCUT2D eigenvalue weighted by molar-refractivity contribution is 0.0997. The summed E-state index contributed by atoms with van der Waals surface area (Å²) in [4.78, 5) is 8.77. The second-order valence-electron chi connectivity index (χ2n) is 6.23. The van der Waals surface area contributed by atoms with E-state index in [1.807, 2.05) is 54.6 Å². The van der Waals surface area contributed by atoms with Crippen molar-refractivity contribution in [1.82, 2.24) is 19.7 Å². The molecule has 2 aromatic heterocycles. The summed E-state index contributed by atoms with van der Waals surface area (Å²) in [5, 5.41) is 8.67. The SMILES string of the molecule is c1ccc(-n2ncc3c(NCC4COc5ccccc5O4)ncnc32)cc1. The summed E-state index contributed by atoms with van der Waals surface area (Å²) in [5.41, 5.74) is 1.71. The average molecular weight is 359 g/mol. The maximum atomic E-state index is 5.99. The van der Waals surface area contributed by atoms with Crippen LogP contribution in [0.15, 0.2) is 67.1 Å². The molecule has 3 heterocycles. The zero-order valence-corrected chi connectivity index (χ0v) is 14.4. The minimum Gasteiger partial charge on any atom is -0.486 e. The molecule has 0 saturated carbocycles. The van der Waals surface area contributed by atoms with Gasteiger partial charge in [0.2, 0.25) is 0 Å². The number of para-hydroxylation sites is 3. The highest BCUT2D eigenvalue weighted by atomic mass is 16.6. The molecular weight excluding hydrogens is 342 g/mol. The molecule has 5 rings (SSSR count). The van der Waals surface area contributed by atoms with Crippen molar-refractivity contribution in [2.45, 2.75) is 6.10 Å². The fourth-order valence-electron chi connectivity index (χ4n) is 3.12. The van der Waals surface area contributed by atoms with E-state index in [0.29, 0.717) is 13.2 Å². The first-order chi connectivity index (χ1) is 13.4. The Balaban J connectivity index is 1.36. The van der Waals surface area contributed by atoms with Gasteiger partial charge in [0.1, 0.15) is 24.9 Å². The first kappa shape index (κ1) is 15.6. The molecule has 7 nitrogen and oxygen atoms in total. The van der Waals surface area contributed by atoms with Crippen molar-refractivity contribution in [3.05, 3.63) is 67.1 Å². The zero-order valence-electron chi connectivity index (χ0n) is 14.4. The van der Waals surface area contributed by atoms with Crippen LogP contribution in [0.25, 0.3) is 16.7 Å². The Morgan fingerprint density at radius 2 is 1.81 bits per heavy atom. The molecule has 2 aromatic carbocycles. The topological polar surface area (TPSA) is 74.1 Å². The van der Waals surface area contributed by atoms with Crippen molar-refractivity contribution >= 4 is 16.9 Å². The second kappa shape index (κ2) is 6.60. The first-order valence-corrected chi connectivity index (χ1v) is 8.75. The summed E-state index contributed by atoms with van der Waals surface area (Å²) in [6.45, 7) is 1.05. The van der Waals surface area contributed by atoms with Gasteiger partial charge in [-0.1, -0.05) is 30.3 Å². The lowest BCUT2D eigenvalue weighted by Gasteiger charge is -2.26. The molecular formula is C20H17N5O2. The standard InChI is InChI=1S/C20H17N5O2/c1-2-6-14(7-3-1)25-20-16(11-24-25)19(22-13-23-20)21-10-15-12-26-17-8-4-5-9-18(17)27-15/h1-9,11,13,15H,10,12H2,(H,21,22,23). The van der Waals surface area contributed by atoms with E-state index in [0.717, 1.165) is 34.0 Å². The molecule has 0 aliphatic carbocycles. The van der Waals surface area contributed by atoms with Crippen LogP contribution in [0.1, 0.15) is 0 Å². The first-order valence-electron chi connectivity index (χ1n) is 8.75.